The zero-order valence-corrected chi connectivity index (χ0v) is 19.8. The lowest BCUT2D eigenvalue weighted by molar-refractivity contribution is -0.120. The molecule has 0 spiro atoms. The van der Waals surface area contributed by atoms with Gasteiger partial charge in [0.05, 0.1) is 17.4 Å². The summed E-state index contributed by atoms with van der Waals surface area (Å²) in [6, 6.07) is 13.1. The number of hydrogen-bond acceptors (Lipinski definition) is 5. The van der Waals surface area contributed by atoms with E-state index < -0.39 is 0 Å². The van der Waals surface area contributed by atoms with E-state index in [4.69, 9.17) is 4.74 Å². The highest BCUT2D eigenvalue weighted by Crippen LogP contribution is 2.37. The number of rotatable bonds is 6. The van der Waals surface area contributed by atoms with Crippen molar-refractivity contribution in [2.24, 2.45) is 5.92 Å². The first-order chi connectivity index (χ1) is 15.8. The topological polar surface area (TPSA) is 70.1 Å². The molecule has 0 aromatic heterocycles. The van der Waals surface area contributed by atoms with Gasteiger partial charge in [0, 0.05) is 19.7 Å². The number of ether oxygens (including phenoxy) is 1. The van der Waals surface area contributed by atoms with Crippen LogP contribution in [0.3, 0.4) is 0 Å². The molecule has 0 radical (unpaired) electrons. The van der Waals surface area contributed by atoms with E-state index in [0.717, 1.165) is 29.7 Å². The van der Waals surface area contributed by atoms with Crippen LogP contribution in [-0.2, 0) is 9.59 Å². The number of aliphatic hydroxyl groups excluding tert-OH is 1. The van der Waals surface area contributed by atoms with E-state index in [2.05, 4.69) is 0 Å². The summed E-state index contributed by atoms with van der Waals surface area (Å²) in [5.41, 5.74) is 4.11. The van der Waals surface area contributed by atoms with Gasteiger partial charge in [0.1, 0.15) is 11.4 Å². The van der Waals surface area contributed by atoms with Crippen LogP contribution in [0.15, 0.2) is 48.2 Å². The van der Waals surface area contributed by atoms with Gasteiger partial charge >= 0.3 is 0 Å². The first kappa shape index (κ1) is 23.1. The lowest BCUT2D eigenvalue weighted by atomic mass is 9.97. The van der Waals surface area contributed by atoms with Crippen molar-refractivity contribution in [1.29, 1.82) is 0 Å². The van der Waals surface area contributed by atoms with Gasteiger partial charge in [0.15, 0.2) is 0 Å². The summed E-state index contributed by atoms with van der Waals surface area (Å²) in [7, 11) is 0. The molecule has 33 heavy (non-hydrogen) atoms. The second kappa shape index (κ2) is 9.40. The van der Waals surface area contributed by atoms with Crippen LogP contribution in [0, 0.1) is 19.8 Å². The second-order valence-corrected chi connectivity index (χ2v) is 9.34. The summed E-state index contributed by atoms with van der Waals surface area (Å²) in [5.74, 6) is 0.189. The average Bonchev–Trinajstić information content (AvgIpc) is 3.03. The molecule has 6 nitrogen and oxygen atoms in total. The molecule has 1 unspecified atom stereocenters. The standard InChI is InChI=1S/C27H32N2O4/c1-17(2)33-23-9-7-21(8-10-23)24-25(28-11-5-6-20(15-28)16-30)27(32)29(26(24)31)22-13-18(3)12-19(4)14-22/h7-10,12-14,17,20,30H,5-6,11,15-16H2,1-4H3. The maximum absolute atomic E-state index is 13.7. The van der Waals surface area contributed by atoms with Gasteiger partial charge in [-0.3, -0.25) is 9.59 Å². The van der Waals surface area contributed by atoms with Gasteiger partial charge in [0.2, 0.25) is 0 Å². The highest BCUT2D eigenvalue weighted by Gasteiger charge is 2.43. The van der Waals surface area contributed by atoms with Crippen molar-refractivity contribution in [3.63, 3.8) is 0 Å². The Labute approximate surface area is 195 Å². The number of nitrogens with zero attached hydrogens (tertiary/aromatic N) is 2. The molecule has 0 bridgehead atoms. The fourth-order valence-corrected chi connectivity index (χ4v) is 4.78. The van der Waals surface area contributed by atoms with Crippen molar-refractivity contribution in [2.75, 3.05) is 24.6 Å². The third kappa shape index (κ3) is 4.67. The highest BCUT2D eigenvalue weighted by atomic mass is 16.5. The van der Waals surface area contributed by atoms with Crippen molar-refractivity contribution >= 4 is 23.1 Å². The highest BCUT2D eigenvalue weighted by molar-refractivity contribution is 6.45. The van der Waals surface area contributed by atoms with Crippen LogP contribution in [0.25, 0.3) is 5.57 Å². The Bertz CT molecular complexity index is 1070. The third-order valence-electron chi connectivity index (χ3n) is 6.13. The fourth-order valence-electron chi connectivity index (χ4n) is 4.78. The SMILES string of the molecule is Cc1cc(C)cc(N2C(=O)C(c3ccc(OC(C)C)cc3)=C(N3CCCC(CO)C3)C2=O)c1. The molecular weight excluding hydrogens is 416 g/mol. The minimum absolute atomic E-state index is 0.0455. The molecule has 2 aromatic carbocycles. The number of benzene rings is 2. The molecule has 2 aliphatic rings. The normalized spacial score (nSPS) is 19.2. The summed E-state index contributed by atoms with van der Waals surface area (Å²) in [6.07, 6.45) is 1.83. The minimum atomic E-state index is -0.316. The van der Waals surface area contributed by atoms with Gasteiger partial charge in [0.25, 0.3) is 11.8 Å². The predicted molar refractivity (Wildman–Crippen MR) is 129 cm³/mol. The van der Waals surface area contributed by atoms with E-state index >= 15 is 0 Å². The summed E-state index contributed by atoms with van der Waals surface area (Å²) in [4.78, 5) is 30.8. The number of carbonyl (C=O) groups excluding carboxylic acids is 2. The Balaban J connectivity index is 1.79. The van der Waals surface area contributed by atoms with Crippen LogP contribution < -0.4 is 9.64 Å². The molecule has 0 saturated carbocycles. The predicted octanol–water partition coefficient (Wildman–Crippen LogP) is 4.08. The van der Waals surface area contributed by atoms with Crippen molar-refractivity contribution in [3.05, 3.63) is 64.9 Å². The maximum atomic E-state index is 13.7. The second-order valence-electron chi connectivity index (χ2n) is 9.34. The van der Waals surface area contributed by atoms with E-state index in [-0.39, 0.29) is 30.4 Å². The number of carbonyl (C=O) groups is 2. The molecule has 2 aromatic rings. The lowest BCUT2D eigenvalue weighted by Crippen LogP contribution is -2.40. The van der Waals surface area contributed by atoms with Gasteiger partial charge in [-0.1, -0.05) is 18.2 Å². The average molecular weight is 449 g/mol. The number of aryl methyl sites for hydroxylation is 2. The number of piperidine rings is 1. The van der Waals surface area contributed by atoms with Gasteiger partial charge < -0.3 is 14.7 Å². The molecular formula is C27H32N2O4. The largest absolute Gasteiger partial charge is 0.491 e. The van der Waals surface area contributed by atoms with Crippen LogP contribution in [0.5, 0.6) is 5.75 Å². The molecule has 0 aliphatic carbocycles. The van der Waals surface area contributed by atoms with Gasteiger partial charge in [-0.25, -0.2) is 4.90 Å². The molecule has 2 heterocycles. The van der Waals surface area contributed by atoms with E-state index in [1.165, 1.54) is 4.90 Å². The van der Waals surface area contributed by atoms with Crippen molar-refractivity contribution < 1.29 is 19.4 Å². The van der Waals surface area contributed by atoms with Gasteiger partial charge in [-0.05, 0) is 87.4 Å². The third-order valence-corrected chi connectivity index (χ3v) is 6.13. The molecule has 2 aliphatic heterocycles. The molecule has 6 heteroatoms. The van der Waals surface area contributed by atoms with E-state index in [1.807, 2.05) is 75.1 Å². The smallest absolute Gasteiger partial charge is 0.282 e. The number of likely N-dealkylation sites (tertiary alicyclic amines) is 1. The fraction of sp³-hybridized carbons (Fsp3) is 0.407. The number of hydrogen-bond donors (Lipinski definition) is 1. The molecule has 1 fully saturated rings. The molecule has 2 amide bonds. The molecule has 1 saturated heterocycles. The summed E-state index contributed by atoms with van der Waals surface area (Å²) in [5, 5.41) is 9.73. The van der Waals surface area contributed by atoms with Crippen molar-refractivity contribution in [2.45, 2.75) is 46.6 Å². The quantitative estimate of drug-likeness (QED) is 0.675. The van der Waals surface area contributed by atoms with Crippen LogP contribution >= 0.6 is 0 Å². The van der Waals surface area contributed by atoms with E-state index in [1.54, 1.807) is 0 Å². The zero-order valence-electron chi connectivity index (χ0n) is 19.8. The Morgan fingerprint density at radius 1 is 1.03 bits per heavy atom. The zero-order chi connectivity index (χ0) is 23.7. The van der Waals surface area contributed by atoms with Gasteiger partial charge in [-0.15, -0.1) is 0 Å². The maximum Gasteiger partial charge on any atom is 0.282 e. The van der Waals surface area contributed by atoms with Crippen molar-refractivity contribution in [3.8, 4) is 5.75 Å². The van der Waals surface area contributed by atoms with Crippen LogP contribution in [0.2, 0.25) is 0 Å². The molecule has 1 atom stereocenters. The van der Waals surface area contributed by atoms with E-state index in [0.29, 0.717) is 35.6 Å². The Morgan fingerprint density at radius 2 is 1.70 bits per heavy atom. The Hall–Kier alpha value is -3.12. The monoisotopic (exact) mass is 448 g/mol. The number of anilines is 1. The van der Waals surface area contributed by atoms with Crippen molar-refractivity contribution in [1.82, 2.24) is 4.90 Å². The first-order valence-corrected chi connectivity index (χ1v) is 11.6. The molecule has 174 valence electrons. The Morgan fingerprint density at radius 3 is 2.30 bits per heavy atom. The molecule has 1 N–H and O–H groups in total. The molecule has 4 rings (SSSR count). The van der Waals surface area contributed by atoms with Gasteiger partial charge in [-0.2, -0.15) is 0 Å². The van der Waals surface area contributed by atoms with Crippen LogP contribution in [0.4, 0.5) is 5.69 Å². The first-order valence-electron chi connectivity index (χ1n) is 11.6. The van der Waals surface area contributed by atoms with Crippen LogP contribution in [-0.4, -0.2) is 47.6 Å². The Kier molecular flexibility index (Phi) is 6.56. The summed E-state index contributed by atoms with van der Waals surface area (Å²) < 4.78 is 5.75. The lowest BCUT2D eigenvalue weighted by Gasteiger charge is -2.34. The van der Waals surface area contributed by atoms with Crippen LogP contribution in [0.1, 0.15) is 43.4 Å². The minimum Gasteiger partial charge on any atom is -0.491 e. The number of amides is 2. The number of imide groups is 1. The summed E-state index contributed by atoms with van der Waals surface area (Å²) in [6.45, 7) is 9.16. The summed E-state index contributed by atoms with van der Waals surface area (Å²) >= 11 is 0. The van der Waals surface area contributed by atoms with E-state index in [9.17, 15) is 14.7 Å². The number of aliphatic hydroxyl groups is 1.